The number of nitrogens with one attached hydrogen (secondary N) is 2. The van der Waals surface area contributed by atoms with E-state index in [2.05, 4.69) is 10.6 Å². The fourth-order valence-electron chi connectivity index (χ4n) is 2.37. The summed E-state index contributed by atoms with van der Waals surface area (Å²) in [5.74, 6) is -1.08. The van der Waals surface area contributed by atoms with Crippen LogP contribution in [0.25, 0.3) is 0 Å². The second-order valence-corrected chi connectivity index (χ2v) is 7.15. The minimum atomic E-state index is -0.816. The lowest BCUT2D eigenvalue weighted by Crippen LogP contribution is -2.51. The largest absolute Gasteiger partial charge is 0.469 e. The van der Waals surface area contributed by atoms with Gasteiger partial charge in [-0.15, -0.1) is 0 Å². The number of hydrogen-bond donors (Lipinski definition) is 2. The van der Waals surface area contributed by atoms with Gasteiger partial charge in [-0.05, 0) is 37.5 Å². The van der Waals surface area contributed by atoms with Gasteiger partial charge in [0.2, 0.25) is 5.91 Å². The molecule has 7 nitrogen and oxygen atoms in total. The van der Waals surface area contributed by atoms with Crippen LogP contribution in [-0.4, -0.2) is 37.2 Å². The van der Waals surface area contributed by atoms with Gasteiger partial charge >= 0.3 is 12.1 Å². The lowest BCUT2D eigenvalue weighted by atomic mass is 10.00. The Kier molecular flexibility index (Phi) is 9.08. The SMILES string of the molecule is COC(=O)C[C@@H](NC(=O)[C@@H](NC(=O)OC(C)C)C(C)C)c1ccc(Cl)cc1. The molecule has 0 bridgehead atoms. The molecule has 2 amide bonds. The molecule has 150 valence electrons. The Morgan fingerprint density at radius 3 is 2.11 bits per heavy atom. The molecule has 0 aliphatic rings. The molecule has 0 radical (unpaired) electrons. The molecule has 1 rings (SSSR count). The number of hydrogen-bond acceptors (Lipinski definition) is 5. The monoisotopic (exact) mass is 398 g/mol. The number of alkyl carbamates (subject to hydrolysis) is 1. The quantitative estimate of drug-likeness (QED) is 0.656. The minimum absolute atomic E-state index is 0.0505. The van der Waals surface area contributed by atoms with Gasteiger partial charge in [-0.25, -0.2) is 4.79 Å². The average Bonchev–Trinajstić information content (AvgIpc) is 2.58. The summed E-state index contributed by atoms with van der Waals surface area (Å²) in [6.07, 6.45) is -1.03. The van der Waals surface area contributed by atoms with Crippen molar-refractivity contribution in [1.29, 1.82) is 0 Å². The zero-order chi connectivity index (χ0) is 20.6. The van der Waals surface area contributed by atoms with Crippen molar-refractivity contribution in [3.8, 4) is 0 Å². The highest BCUT2D eigenvalue weighted by molar-refractivity contribution is 6.30. The summed E-state index contributed by atoms with van der Waals surface area (Å²) in [6, 6.07) is 5.36. The number of amides is 2. The lowest BCUT2D eigenvalue weighted by molar-refractivity contribution is -0.141. The van der Waals surface area contributed by atoms with Crippen LogP contribution in [0.4, 0.5) is 4.79 Å². The zero-order valence-electron chi connectivity index (χ0n) is 16.2. The maximum absolute atomic E-state index is 12.8. The van der Waals surface area contributed by atoms with Crippen molar-refractivity contribution >= 4 is 29.6 Å². The number of carbonyl (C=O) groups excluding carboxylic acids is 3. The van der Waals surface area contributed by atoms with Crippen LogP contribution in [0, 0.1) is 5.92 Å². The molecule has 27 heavy (non-hydrogen) atoms. The van der Waals surface area contributed by atoms with Gasteiger partial charge in [-0.1, -0.05) is 37.6 Å². The highest BCUT2D eigenvalue weighted by Gasteiger charge is 2.28. The summed E-state index contributed by atoms with van der Waals surface area (Å²) in [5.41, 5.74) is 0.699. The van der Waals surface area contributed by atoms with Gasteiger partial charge in [-0.3, -0.25) is 9.59 Å². The summed E-state index contributed by atoms with van der Waals surface area (Å²) in [7, 11) is 1.28. The van der Waals surface area contributed by atoms with Crippen molar-refractivity contribution in [3.63, 3.8) is 0 Å². The number of methoxy groups -OCH3 is 1. The van der Waals surface area contributed by atoms with Gasteiger partial charge in [0.25, 0.3) is 0 Å². The van der Waals surface area contributed by atoms with Crippen LogP contribution in [0.3, 0.4) is 0 Å². The highest BCUT2D eigenvalue weighted by Crippen LogP contribution is 2.20. The molecule has 0 saturated heterocycles. The number of halogens is 1. The number of esters is 1. The molecule has 0 heterocycles. The van der Waals surface area contributed by atoms with E-state index in [1.807, 2.05) is 0 Å². The third-order valence-electron chi connectivity index (χ3n) is 3.75. The third-order valence-corrected chi connectivity index (χ3v) is 4.00. The Hall–Kier alpha value is -2.28. The third kappa shape index (κ3) is 7.86. The van der Waals surface area contributed by atoms with Crippen LogP contribution in [0.1, 0.15) is 45.7 Å². The van der Waals surface area contributed by atoms with E-state index in [-0.39, 0.29) is 18.4 Å². The van der Waals surface area contributed by atoms with E-state index in [4.69, 9.17) is 21.1 Å². The van der Waals surface area contributed by atoms with E-state index >= 15 is 0 Å². The zero-order valence-corrected chi connectivity index (χ0v) is 17.0. The summed E-state index contributed by atoms with van der Waals surface area (Å²) in [5, 5.41) is 5.92. The van der Waals surface area contributed by atoms with Crippen molar-refractivity contribution in [1.82, 2.24) is 10.6 Å². The van der Waals surface area contributed by atoms with Crippen LogP contribution in [0.15, 0.2) is 24.3 Å². The normalized spacial score (nSPS) is 13.0. The van der Waals surface area contributed by atoms with Crippen LogP contribution in [0.5, 0.6) is 0 Å². The van der Waals surface area contributed by atoms with Gasteiger partial charge in [0, 0.05) is 5.02 Å². The molecule has 0 aliphatic carbocycles. The Morgan fingerprint density at radius 2 is 1.63 bits per heavy atom. The maximum atomic E-state index is 12.8. The van der Waals surface area contributed by atoms with Gasteiger partial charge in [0.15, 0.2) is 0 Å². The summed E-state index contributed by atoms with van der Waals surface area (Å²) < 4.78 is 9.76. The lowest BCUT2D eigenvalue weighted by Gasteiger charge is -2.25. The van der Waals surface area contributed by atoms with E-state index < -0.39 is 30.1 Å². The molecule has 1 aromatic carbocycles. The van der Waals surface area contributed by atoms with Crippen LogP contribution in [0.2, 0.25) is 5.02 Å². The van der Waals surface area contributed by atoms with Crippen molar-refractivity contribution in [2.75, 3.05) is 7.11 Å². The van der Waals surface area contributed by atoms with E-state index in [1.54, 1.807) is 52.0 Å². The average molecular weight is 399 g/mol. The highest BCUT2D eigenvalue weighted by atomic mass is 35.5. The van der Waals surface area contributed by atoms with E-state index in [9.17, 15) is 14.4 Å². The summed E-state index contributed by atoms with van der Waals surface area (Å²) in [6.45, 7) is 7.04. The van der Waals surface area contributed by atoms with E-state index in [0.29, 0.717) is 10.6 Å². The number of ether oxygens (including phenoxy) is 2. The molecular formula is C19H27ClN2O5. The second kappa shape index (κ2) is 10.8. The molecule has 0 aromatic heterocycles. The van der Waals surface area contributed by atoms with Crippen LogP contribution >= 0.6 is 11.6 Å². The fraction of sp³-hybridized carbons (Fsp3) is 0.526. The Labute approximate surface area is 164 Å². The fourth-order valence-corrected chi connectivity index (χ4v) is 2.49. The standard InChI is InChI=1S/C19H27ClN2O5/c1-11(2)17(22-19(25)27-12(3)4)18(24)21-15(10-16(23)26-5)13-6-8-14(20)9-7-13/h6-9,11-12,15,17H,10H2,1-5H3,(H,21,24)(H,22,25)/t15-,17+/m1/s1. The molecule has 0 fully saturated rings. The maximum Gasteiger partial charge on any atom is 0.408 e. The molecule has 0 aliphatic heterocycles. The minimum Gasteiger partial charge on any atom is -0.469 e. The topological polar surface area (TPSA) is 93.7 Å². The Balaban J connectivity index is 2.95. The first-order valence-corrected chi connectivity index (χ1v) is 9.11. The molecule has 2 N–H and O–H groups in total. The molecule has 2 atom stereocenters. The van der Waals surface area contributed by atoms with Gasteiger partial charge in [-0.2, -0.15) is 0 Å². The Morgan fingerprint density at radius 1 is 1.04 bits per heavy atom. The predicted octanol–water partition coefficient (Wildman–Crippen LogP) is 3.22. The van der Waals surface area contributed by atoms with E-state index in [0.717, 1.165) is 0 Å². The second-order valence-electron chi connectivity index (χ2n) is 6.71. The van der Waals surface area contributed by atoms with Gasteiger partial charge < -0.3 is 20.1 Å². The molecule has 0 spiro atoms. The summed E-state index contributed by atoms with van der Waals surface area (Å²) in [4.78, 5) is 36.4. The molecule has 1 aromatic rings. The van der Waals surface area contributed by atoms with Crippen molar-refractivity contribution in [2.24, 2.45) is 5.92 Å². The van der Waals surface area contributed by atoms with Gasteiger partial charge in [0.05, 0.1) is 25.7 Å². The van der Waals surface area contributed by atoms with Crippen LogP contribution in [-0.2, 0) is 19.1 Å². The first kappa shape index (κ1) is 22.8. The molecule has 8 heteroatoms. The summed E-state index contributed by atoms with van der Waals surface area (Å²) >= 11 is 5.91. The first-order chi connectivity index (χ1) is 12.6. The first-order valence-electron chi connectivity index (χ1n) is 8.73. The molecule has 0 unspecified atom stereocenters. The smallest absolute Gasteiger partial charge is 0.408 e. The van der Waals surface area contributed by atoms with Crippen LogP contribution < -0.4 is 10.6 Å². The molecular weight excluding hydrogens is 372 g/mol. The molecule has 0 saturated carbocycles. The Bertz CT molecular complexity index is 646. The predicted molar refractivity (Wildman–Crippen MR) is 102 cm³/mol. The van der Waals surface area contributed by atoms with Crippen molar-refractivity contribution < 1.29 is 23.9 Å². The van der Waals surface area contributed by atoms with Crippen molar-refractivity contribution in [3.05, 3.63) is 34.9 Å². The van der Waals surface area contributed by atoms with Gasteiger partial charge in [0.1, 0.15) is 6.04 Å². The number of carbonyl (C=O) groups is 3. The van der Waals surface area contributed by atoms with Crippen molar-refractivity contribution in [2.45, 2.75) is 52.3 Å². The van der Waals surface area contributed by atoms with E-state index in [1.165, 1.54) is 7.11 Å². The number of rotatable bonds is 8. The number of benzene rings is 1.